The quantitative estimate of drug-likeness (QED) is 0.734. The fourth-order valence-electron chi connectivity index (χ4n) is 1.04. The highest BCUT2D eigenvalue weighted by Gasteiger charge is 2.26. The Morgan fingerprint density at radius 3 is 2.20 bits per heavy atom. The molecule has 2 N–H and O–H groups in total. The molecule has 4 heteroatoms. The number of unbranched alkanes of at least 4 members (excludes halogenated alkanes) is 1. The minimum Gasteiger partial charge on any atom is -0.480 e. The lowest BCUT2D eigenvalue weighted by Crippen LogP contribution is -2.45. The minimum atomic E-state index is -0.957. The van der Waals surface area contributed by atoms with Gasteiger partial charge in [-0.25, -0.2) is 4.79 Å². The molecule has 0 spiro atoms. The first-order valence-corrected chi connectivity index (χ1v) is 5.32. The molecule has 0 aliphatic heterocycles. The van der Waals surface area contributed by atoms with E-state index in [0.29, 0.717) is 6.42 Å². The maximum Gasteiger partial charge on any atom is 0.326 e. The predicted molar refractivity (Wildman–Crippen MR) is 58.5 cm³/mol. The van der Waals surface area contributed by atoms with E-state index in [1.165, 1.54) is 0 Å². The van der Waals surface area contributed by atoms with Crippen molar-refractivity contribution in [3.05, 3.63) is 0 Å². The summed E-state index contributed by atoms with van der Waals surface area (Å²) in [5, 5.41) is 11.5. The van der Waals surface area contributed by atoms with Gasteiger partial charge in [0.15, 0.2) is 0 Å². The second-order valence-corrected chi connectivity index (χ2v) is 4.76. The molecule has 0 aromatic carbocycles. The molecule has 1 atom stereocenters. The number of carbonyl (C=O) groups excluding carboxylic acids is 1. The summed E-state index contributed by atoms with van der Waals surface area (Å²) in [5.41, 5.74) is -0.542. The average Bonchev–Trinajstić information content (AvgIpc) is 2.09. The van der Waals surface area contributed by atoms with E-state index in [0.717, 1.165) is 12.8 Å². The van der Waals surface area contributed by atoms with Crippen LogP contribution in [0.5, 0.6) is 0 Å². The van der Waals surface area contributed by atoms with Crippen LogP contribution in [0.15, 0.2) is 0 Å². The van der Waals surface area contributed by atoms with Crippen LogP contribution in [0.25, 0.3) is 0 Å². The van der Waals surface area contributed by atoms with Gasteiger partial charge >= 0.3 is 5.97 Å². The summed E-state index contributed by atoms with van der Waals surface area (Å²) in [5.74, 6) is -1.17. The standard InChI is InChI=1S/C11H21NO3/c1-5-6-7-8(9(13)14)12-10(15)11(2,3)4/h8H,5-7H2,1-4H3,(H,12,15)(H,13,14)/t8-/m0/s1. The Hall–Kier alpha value is -1.06. The predicted octanol–water partition coefficient (Wildman–Crippen LogP) is 1.79. The first-order chi connectivity index (χ1) is 6.79. The van der Waals surface area contributed by atoms with Gasteiger partial charge in [-0.3, -0.25) is 4.79 Å². The maximum absolute atomic E-state index is 11.6. The lowest BCUT2D eigenvalue weighted by molar-refractivity contribution is -0.143. The highest BCUT2D eigenvalue weighted by Crippen LogP contribution is 2.13. The van der Waals surface area contributed by atoms with Gasteiger partial charge < -0.3 is 10.4 Å². The van der Waals surface area contributed by atoms with Gasteiger partial charge in [0.1, 0.15) is 6.04 Å². The van der Waals surface area contributed by atoms with Crippen LogP contribution >= 0.6 is 0 Å². The van der Waals surface area contributed by atoms with Gasteiger partial charge in [-0.1, -0.05) is 40.5 Å². The fourth-order valence-corrected chi connectivity index (χ4v) is 1.04. The molecule has 0 saturated carbocycles. The molecule has 0 aliphatic rings. The average molecular weight is 215 g/mol. The lowest BCUT2D eigenvalue weighted by Gasteiger charge is -2.21. The Labute approximate surface area is 91.1 Å². The number of nitrogens with one attached hydrogen (secondary N) is 1. The van der Waals surface area contributed by atoms with E-state index in [4.69, 9.17) is 5.11 Å². The van der Waals surface area contributed by atoms with E-state index in [1.54, 1.807) is 20.8 Å². The summed E-state index contributed by atoms with van der Waals surface area (Å²) in [6.45, 7) is 7.29. The lowest BCUT2D eigenvalue weighted by atomic mass is 9.95. The number of carbonyl (C=O) groups is 2. The van der Waals surface area contributed by atoms with Crippen LogP contribution in [0, 0.1) is 5.41 Å². The zero-order valence-corrected chi connectivity index (χ0v) is 9.96. The van der Waals surface area contributed by atoms with Crippen LogP contribution in [0.4, 0.5) is 0 Å². The van der Waals surface area contributed by atoms with Crippen LogP contribution in [-0.4, -0.2) is 23.0 Å². The molecule has 0 bridgehead atoms. The largest absolute Gasteiger partial charge is 0.480 e. The Morgan fingerprint density at radius 1 is 1.33 bits per heavy atom. The molecule has 0 fully saturated rings. The van der Waals surface area contributed by atoms with E-state index in [9.17, 15) is 9.59 Å². The Morgan fingerprint density at radius 2 is 1.87 bits per heavy atom. The Balaban J connectivity index is 4.29. The normalized spacial score (nSPS) is 13.3. The summed E-state index contributed by atoms with van der Waals surface area (Å²) in [6.07, 6.45) is 2.23. The third-order valence-electron chi connectivity index (χ3n) is 2.13. The smallest absolute Gasteiger partial charge is 0.326 e. The maximum atomic E-state index is 11.6. The van der Waals surface area contributed by atoms with E-state index in [2.05, 4.69) is 5.32 Å². The summed E-state index contributed by atoms with van der Waals surface area (Å²) < 4.78 is 0. The van der Waals surface area contributed by atoms with Crippen molar-refractivity contribution >= 4 is 11.9 Å². The summed E-state index contributed by atoms with van der Waals surface area (Å²) in [7, 11) is 0. The van der Waals surface area contributed by atoms with Gasteiger partial charge in [-0.05, 0) is 6.42 Å². The molecule has 0 saturated heterocycles. The van der Waals surface area contributed by atoms with Crippen molar-refractivity contribution in [2.24, 2.45) is 5.41 Å². The van der Waals surface area contributed by atoms with Gasteiger partial charge in [0.2, 0.25) is 5.91 Å². The molecular weight excluding hydrogens is 194 g/mol. The SMILES string of the molecule is CCCC[C@H](NC(=O)C(C)(C)C)C(=O)O. The highest BCUT2D eigenvalue weighted by molar-refractivity contribution is 5.86. The first kappa shape index (κ1) is 13.9. The molecule has 0 radical (unpaired) electrons. The number of rotatable bonds is 5. The van der Waals surface area contributed by atoms with Crippen molar-refractivity contribution in [2.75, 3.05) is 0 Å². The number of carboxylic acids is 1. The van der Waals surface area contributed by atoms with Crippen molar-refractivity contribution in [3.63, 3.8) is 0 Å². The van der Waals surface area contributed by atoms with Crippen LogP contribution in [0.1, 0.15) is 47.0 Å². The third kappa shape index (κ3) is 5.40. The third-order valence-corrected chi connectivity index (χ3v) is 2.13. The summed E-state index contributed by atoms with van der Waals surface area (Å²) in [6, 6.07) is -0.753. The van der Waals surface area contributed by atoms with Crippen molar-refractivity contribution in [3.8, 4) is 0 Å². The van der Waals surface area contributed by atoms with Gasteiger partial charge in [0, 0.05) is 5.41 Å². The van der Waals surface area contributed by atoms with E-state index in [-0.39, 0.29) is 5.91 Å². The molecule has 1 amide bonds. The number of hydrogen-bond acceptors (Lipinski definition) is 2. The van der Waals surface area contributed by atoms with Gasteiger partial charge in [-0.2, -0.15) is 0 Å². The minimum absolute atomic E-state index is 0.217. The highest BCUT2D eigenvalue weighted by atomic mass is 16.4. The molecule has 0 heterocycles. The zero-order valence-electron chi connectivity index (χ0n) is 9.96. The second kappa shape index (κ2) is 5.73. The zero-order chi connectivity index (χ0) is 12.1. The summed E-state index contributed by atoms with van der Waals surface area (Å²) >= 11 is 0. The first-order valence-electron chi connectivity index (χ1n) is 5.32. The molecule has 15 heavy (non-hydrogen) atoms. The Bertz CT molecular complexity index is 230. The molecule has 0 unspecified atom stereocenters. The van der Waals surface area contributed by atoms with Gasteiger partial charge in [0.25, 0.3) is 0 Å². The van der Waals surface area contributed by atoms with Crippen molar-refractivity contribution in [2.45, 2.75) is 53.0 Å². The molecule has 88 valence electrons. The van der Waals surface area contributed by atoms with Gasteiger partial charge in [-0.15, -0.1) is 0 Å². The number of amides is 1. The van der Waals surface area contributed by atoms with E-state index < -0.39 is 17.4 Å². The van der Waals surface area contributed by atoms with Crippen molar-refractivity contribution < 1.29 is 14.7 Å². The molecule has 0 aromatic rings. The Kier molecular flexibility index (Phi) is 5.33. The topological polar surface area (TPSA) is 66.4 Å². The molecule has 0 aliphatic carbocycles. The fraction of sp³-hybridized carbons (Fsp3) is 0.818. The van der Waals surface area contributed by atoms with E-state index >= 15 is 0 Å². The number of carboxylic acid groups (broad SMARTS) is 1. The van der Waals surface area contributed by atoms with Crippen LogP contribution in [0.3, 0.4) is 0 Å². The van der Waals surface area contributed by atoms with E-state index in [1.807, 2.05) is 6.92 Å². The number of hydrogen-bond donors (Lipinski definition) is 2. The molecule has 4 nitrogen and oxygen atoms in total. The molecule has 0 aromatic heterocycles. The van der Waals surface area contributed by atoms with Crippen LogP contribution in [0.2, 0.25) is 0 Å². The second-order valence-electron chi connectivity index (χ2n) is 4.76. The van der Waals surface area contributed by atoms with Gasteiger partial charge in [0.05, 0.1) is 0 Å². The van der Waals surface area contributed by atoms with Crippen molar-refractivity contribution in [1.29, 1.82) is 0 Å². The van der Waals surface area contributed by atoms with Crippen LogP contribution < -0.4 is 5.32 Å². The monoisotopic (exact) mass is 215 g/mol. The van der Waals surface area contributed by atoms with Crippen molar-refractivity contribution in [1.82, 2.24) is 5.32 Å². The molecule has 0 rings (SSSR count). The van der Waals surface area contributed by atoms with Crippen LogP contribution in [-0.2, 0) is 9.59 Å². The summed E-state index contributed by atoms with van der Waals surface area (Å²) in [4.78, 5) is 22.4. The number of aliphatic carboxylic acids is 1. The molecular formula is C11H21NO3.